The summed E-state index contributed by atoms with van der Waals surface area (Å²) in [7, 11) is 1.45. The lowest BCUT2D eigenvalue weighted by Crippen LogP contribution is -2.28. The maximum atomic E-state index is 12.4. The van der Waals surface area contributed by atoms with Crippen LogP contribution in [-0.2, 0) is 19.1 Å². The Bertz CT molecular complexity index is 998. The molecule has 0 saturated carbocycles. The average molecular weight is 472 g/mol. The quantitative estimate of drug-likeness (QED) is 0.639. The van der Waals surface area contributed by atoms with Crippen molar-refractivity contribution in [1.82, 2.24) is 0 Å². The molecule has 1 atom stereocenters. The number of benzene rings is 2. The number of carbonyl (C=O) groups excluding carboxylic acids is 3. The van der Waals surface area contributed by atoms with Gasteiger partial charge < -0.3 is 19.7 Å². The summed E-state index contributed by atoms with van der Waals surface area (Å²) >= 11 is 18.1. The molecule has 30 heavy (non-hydrogen) atoms. The highest BCUT2D eigenvalue weighted by Crippen LogP contribution is 2.36. The van der Waals surface area contributed by atoms with Crippen molar-refractivity contribution in [3.8, 4) is 5.75 Å². The highest BCUT2D eigenvalue weighted by Gasteiger charge is 2.37. The average Bonchev–Trinajstić information content (AvgIpc) is 3.10. The van der Waals surface area contributed by atoms with Crippen LogP contribution < -0.4 is 15.0 Å². The number of carbonyl (C=O) groups is 3. The Hall–Kier alpha value is -2.48. The fourth-order valence-corrected chi connectivity index (χ4v) is 3.59. The van der Waals surface area contributed by atoms with Crippen molar-refractivity contribution in [3.63, 3.8) is 0 Å². The van der Waals surface area contributed by atoms with E-state index in [1.54, 1.807) is 30.3 Å². The third-order valence-corrected chi connectivity index (χ3v) is 5.51. The molecular formula is C20H17Cl3N2O5. The fourth-order valence-electron chi connectivity index (χ4n) is 3.02. The van der Waals surface area contributed by atoms with Crippen LogP contribution in [0.4, 0.5) is 11.4 Å². The van der Waals surface area contributed by atoms with Crippen LogP contribution in [0.5, 0.6) is 5.75 Å². The smallest absolute Gasteiger partial charge is 0.311 e. The molecule has 3 rings (SSSR count). The Kier molecular flexibility index (Phi) is 7.07. The van der Waals surface area contributed by atoms with Crippen molar-refractivity contribution >= 4 is 64.0 Å². The van der Waals surface area contributed by atoms with Gasteiger partial charge in [-0.05, 0) is 30.3 Å². The minimum atomic E-state index is -0.721. The zero-order valence-corrected chi connectivity index (χ0v) is 18.1. The number of esters is 1. The van der Waals surface area contributed by atoms with E-state index in [0.29, 0.717) is 27.2 Å². The van der Waals surface area contributed by atoms with Gasteiger partial charge in [0.25, 0.3) is 5.91 Å². The zero-order valence-electron chi connectivity index (χ0n) is 15.8. The number of anilines is 2. The number of hydrogen-bond acceptors (Lipinski definition) is 5. The largest absolute Gasteiger partial charge is 0.495 e. The first-order valence-corrected chi connectivity index (χ1v) is 9.98. The van der Waals surface area contributed by atoms with E-state index in [9.17, 15) is 14.4 Å². The number of rotatable bonds is 6. The normalized spacial score (nSPS) is 15.8. The number of hydrogen-bond donors (Lipinski definition) is 1. The van der Waals surface area contributed by atoms with Gasteiger partial charge >= 0.3 is 5.97 Å². The highest BCUT2D eigenvalue weighted by molar-refractivity contribution is 6.44. The number of methoxy groups -OCH3 is 1. The van der Waals surface area contributed by atoms with Gasteiger partial charge in [-0.3, -0.25) is 14.4 Å². The third-order valence-electron chi connectivity index (χ3n) is 4.46. The van der Waals surface area contributed by atoms with E-state index in [4.69, 9.17) is 44.3 Å². The number of ether oxygens (including phenoxy) is 2. The summed E-state index contributed by atoms with van der Waals surface area (Å²) in [6.45, 7) is -0.432. The molecule has 0 unspecified atom stereocenters. The molecule has 1 saturated heterocycles. The Morgan fingerprint density at radius 3 is 2.70 bits per heavy atom. The molecule has 1 N–H and O–H groups in total. The summed E-state index contributed by atoms with van der Waals surface area (Å²) in [6, 6.07) is 9.65. The van der Waals surface area contributed by atoms with Gasteiger partial charge in [-0.25, -0.2) is 0 Å². The topological polar surface area (TPSA) is 84.9 Å². The fraction of sp³-hybridized carbons (Fsp3) is 0.250. The molecule has 0 aliphatic carbocycles. The van der Waals surface area contributed by atoms with Crippen molar-refractivity contribution in [2.45, 2.75) is 6.42 Å². The third kappa shape index (κ3) is 4.98. The van der Waals surface area contributed by atoms with Crippen molar-refractivity contribution in [2.24, 2.45) is 5.92 Å². The van der Waals surface area contributed by atoms with Crippen LogP contribution in [0.1, 0.15) is 6.42 Å². The van der Waals surface area contributed by atoms with E-state index in [1.165, 1.54) is 18.1 Å². The van der Waals surface area contributed by atoms with E-state index in [2.05, 4.69) is 5.32 Å². The summed E-state index contributed by atoms with van der Waals surface area (Å²) in [5.41, 5.74) is 0.777. The number of halogens is 3. The molecule has 0 spiro atoms. The van der Waals surface area contributed by atoms with Crippen LogP contribution >= 0.6 is 34.8 Å². The first-order valence-electron chi connectivity index (χ1n) is 8.84. The van der Waals surface area contributed by atoms with E-state index < -0.39 is 24.4 Å². The first-order chi connectivity index (χ1) is 14.3. The second-order valence-electron chi connectivity index (χ2n) is 6.48. The van der Waals surface area contributed by atoms with Gasteiger partial charge in [0.05, 0.1) is 34.4 Å². The van der Waals surface area contributed by atoms with Crippen molar-refractivity contribution in [2.75, 3.05) is 30.5 Å². The molecule has 10 heteroatoms. The van der Waals surface area contributed by atoms with E-state index in [0.717, 1.165) is 0 Å². The number of nitrogens with one attached hydrogen (secondary N) is 1. The molecule has 1 aliphatic heterocycles. The van der Waals surface area contributed by atoms with Gasteiger partial charge in [0.2, 0.25) is 5.91 Å². The maximum Gasteiger partial charge on any atom is 0.311 e. The second kappa shape index (κ2) is 9.55. The summed E-state index contributed by atoms with van der Waals surface area (Å²) in [5, 5.41) is 3.52. The highest BCUT2D eigenvalue weighted by atomic mass is 35.5. The Balaban J connectivity index is 1.58. The molecular weight excluding hydrogens is 455 g/mol. The summed E-state index contributed by atoms with van der Waals surface area (Å²) in [4.78, 5) is 38.2. The molecule has 2 amide bonds. The first kappa shape index (κ1) is 22.2. The van der Waals surface area contributed by atoms with Crippen LogP contribution in [0.15, 0.2) is 36.4 Å². The van der Waals surface area contributed by atoms with Gasteiger partial charge in [-0.1, -0.05) is 40.9 Å². The van der Waals surface area contributed by atoms with Crippen molar-refractivity contribution in [3.05, 3.63) is 51.5 Å². The molecule has 2 aromatic carbocycles. The lowest BCUT2D eigenvalue weighted by molar-refractivity contribution is -0.151. The van der Waals surface area contributed by atoms with Crippen LogP contribution in [0.3, 0.4) is 0 Å². The van der Waals surface area contributed by atoms with E-state index in [-0.39, 0.29) is 23.9 Å². The van der Waals surface area contributed by atoms with Crippen LogP contribution in [0, 0.1) is 5.92 Å². The monoisotopic (exact) mass is 470 g/mol. The molecule has 0 aromatic heterocycles. The van der Waals surface area contributed by atoms with Crippen LogP contribution in [0.2, 0.25) is 15.1 Å². The van der Waals surface area contributed by atoms with Crippen molar-refractivity contribution < 1.29 is 23.9 Å². The lowest BCUT2D eigenvalue weighted by atomic mass is 10.1. The van der Waals surface area contributed by atoms with Gasteiger partial charge in [0.1, 0.15) is 5.75 Å². The molecule has 7 nitrogen and oxygen atoms in total. The van der Waals surface area contributed by atoms with Gasteiger partial charge in [0.15, 0.2) is 6.61 Å². The minimum Gasteiger partial charge on any atom is -0.495 e. The van der Waals surface area contributed by atoms with Crippen molar-refractivity contribution in [1.29, 1.82) is 0 Å². The molecule has 1 aliphatic rings. The van der Waals surface area contributed by atoms with Crippen LogP contribution in [-0.4, -0.2) is 38.0 Å². The molecule has 2 aromatic rings. The SMILES string of the molecule is COc1ccc(Cl)cc1NC(=O)COC(=O)[C@H]1CC(=O)N(c2cccc(Cl)c2Cl)C1. The molecule has 0 bridgehead atoms. The van der Waals surface area contributed by atoms with E-state index >= 15 is 0 Å². The predicted octanol–water partition coefficient (Wildman–Crippen LogP) is 4.19. The standard InChI is InChI=1S/C20H17Cl3N2O5/c1-29-16-6-5-12(21)8-14(16)24-17(26)10-30-20(28)11-7-18(27)25(9-11)15-4-2-3-13(22)19(15)23/h2-6,8,11H,7,9-10H2,1H3,(H,24,26)/t11-/m0/s1. The Morgan fingerprint density at radius 1 is 1.20 bits per heavy atom. The summed E-state index contributed by atoms with van der Waals surface area (Å²) < 4.78 is 10.2. The predicted molar refractivity (Wildman–Crippen MR) is 115 cm³/mol. The Morgan fingerprint density at radius 2 is 1.97 bits per heavy atom. The van der Waals surface area contributed by atoms with Gasteiger partial charge in [-0.2, -0.15) is 0 Å². The second-order valence-corrected chi connectivity index (χ2v) is 7.70. The maximum absolute atomic E-state index is 12.4. The number of amides is 2. The van der Waals surface area contributed by atoms with Gasteiger partial charge in [0, 0.05) is 18.0 Å². The van der Waals surface area contributed by atoms with E-state index in [1.807, 2.05) is 0 Å². The van der Waals surface area contributed by atoms with Gasteiger partial charge in [-0.15, -0.1) is 0 Å². The summed E-state index contributed by atoms with van der Waals surface area (Å²) in [5.74, 6) is -1.81. The Labute approximate surface area is 187 Å². The molecule has 0 radical (unpaired) electrons. The number of nitrogens with zero attached hydrogens (tertiary/aromatic N) is 1. The lowest BCUT2D eigenvalue weighted by Gasteiger charge is -2.18. The minimum absolute atomic E-state index is 0.0502. The molecule has 1 heterocycles. The van der Waals surface area contributed by atoms with Crippen LogP contribution in [0.25, 0.3) is 0 Å². The molecule has 158 valence electrons. The molecule has 1 fully saturated rings. The zero-order chi connectivity index (χ0) is 21.8. The summed E-state index contributed by atoms with van der Waals surface area (Å²) in [6.07, 6.45) is -0.0502.